The van der Waals surface area contributed by atoms with Crippen molar-refractivity contribution in [1.29, 1.82) is 0 Å². The third-order valence-corrected chi connectivity index (χ3v) is 13.1. The Hall–Kier alpha value is -5.09. The van der Waals surface area contributed by atoms with Crippen molar-refractivity contribution in [3.8, 4) is 11.5 Å². The predicted molar refractivity (Wildman–Crippen MR) is 234 cm³/mol. The Morgan fingerprint density at radius 1 is 0.968 bits per heavy atom. The second kappa shape index (κ2) is 20.0. The summed E-state index contributed by atoms with van der Waals surface area (Å²) in [5, 5.41) is 6.33. The van der Waals surface area contributed by atoms with Crippen molar-refractivity contribution in [3.63, 3.8) is 0 Å². The molecule has 3 atom stereocenters. The molecule has 4 heterocycles. The summed E-state index contributed by atoms with van der Waals surface area (Å²) < 4.78 is 52.9. The van der Waals surface area contributed by atoms with Gasteiger partial charge in [-0.15, -0.1) is 11.8 Å². The van der Waals surface area contributed by atoms with E-state index in [0.29, 0.717) is 58.1 Å². The van der Waals surface area contributed by atoms with Crippen molar-refractivity contribution < 1.29 is 37.0 Å². The van der Waals surface area contributed by atoms with Gasteiger partial charge in [0.1, 0.15) is 23.8 Å². The molecule has 0 aliphatic carbocycles. The van der Waals surface area contributed by atoms with E-state index in [1.165, 1.54) is 44.6 Å². The van der Waals surface area contributed by atoms with Gasteiger partial charge < -0.3 is 25.4 Å². The van der Waals surface area contributed by atoms with Gasteiger partial charge in [-0.25, -0.2) is 9.97 Å². The second-order valence-corrected chi connectivity index (χ2v) is 17.7. The van der Waals surface area contributed by atoms with E-state index in [1.807, 2.05) is 24.3 Å². The molecule has 16 heteroatoms. The molecule has 0 bridgehead atoms. The minimum Gasteiger partial charge on any atom is -0.493 e. The molecule has 3 aliphatic heterocycles. The summed E-state index contributed by atoms with van der Waals surface area (Å²) in [6, 6.07) is 11.9. The molecular weight excluding hydrogens is 820 g/mol. The Kier molecular flexibility index (Phi) is 14.5. The number of carbonyl (C=O) groups excluding carboxylic acids is 3. The fourth-order valence-corrected chi connectivity index (χ4v) is 9.73. The van der Waals surface area contributed by atoms with E-state index < -0.39 is 23.8 Å². The van der Waals surface area contributed by atoms with Crippen LogP contribution in [0.2, 0.25) is 0 Å². The molecule has 62 heavy (non-hydrogen) atoms. The Morgan fingerprint density at radius 3 is 2.47 bits per heavy atom. The summed E-state index contributed by atoms with van der Waals surface area (Å²) >= 11 is 1.78. The number of alkyl halides is 3. The number of carbonyl (C=O) groups is 3. The molecule has 7 rings (SSSR count). The second-order valence-electron chi connectivity index (χ2n) is 16.6. The Morgan fingerprint density at radius 2 is 1.73 bits per heavy atom. The summed E-state index contributed by atoms with van der Waals surface area (Å²) in [5.41, 5.74) is 7.75. The van der Waals surface area contributed by atoms with Crippen molar-refractivity contribution in [2.24, 2.45) is 0 Å². The molecule has 2 fully saturated rings. The van der Waals surface area contributed by atoms with Gasteiger partial charge in [0.25, 0.3) is 5.91 Å². The van der Waals surface area contributed by atoms with Gasteiger partial charge in [0, 0.05) is 53.7 Å². The maximum absolute atomic E-state index is 13.5. The number of aromatic nitrogens is 2. The van der Waals surface area contributed by atoms with Gasteiger partial charge in [0.15, 0.2) is 11.5 Å². The number of nitrogens with two attached hydrogens (primary N) is 1. The minimum atomic E-state index is -4.52. The first-order chi connectivity index (χ1) is 29.8. The van der Waals surface area contributed by atoms with Crippen LogP contribution in [-0.2, 0) is 22.3 Å². The Balaban J connectivity index is 0.806. The maximum Gasteiger partial charge on any atom is 0.416 e. The summed E-state index contributed by atoms with van der Waals surface area (Å²) in [6.45, 7) is 6.71. The molecule has 3 aromatic carbocycles. The number of hydrogen-bond donors (Lipinski definition) is 3. The molecule has 2 saturated heterocycles. The number of nitrogens with one attached hydrogen (secondary N) is 2. The number of benzene rings is 3. The van der Waals surface area contributed by atoms with Gasteiger partial charge in [-0.05, 0) is 99.4 Å². The molecule has 1 unspecified atom stereocenters. The third kappa shape index (κ3) is 10.9. The smallest absolute Gasteiger partial charge is 0.416 e. The van der Waals surface area contributed by atoms with Crippen LogP contribution in [0.25, 0.3) is 10.9 Å². The van der Waals surface area contributed by atoms with E-state index in [1.54, 1.807) is 37.6 Å². The highest BCUT2D eigenvalue weighted by Crippen LogP contribution is 2.39. The van der Waals surface area contributed by atoms with Crippen LogP contribution in [-0.4, -0.2) is 82.1 Å². The van der Waals surface area contributed by atoms with E-state index >= 15 is 0 Å². The summed E-state index contributed by atoms with van der Waals surface area (Å²) in [4.78, 5) is 51.5. The molecule has 1 aromatic heterocycles. The number of imide groups is 1. The molecule has 4 aromatic rings. The lowest BCUT2D eigenvalue weighted by atomic mass is 10.0. The van der Waals surface area contributed by atoms with Gasteiger partial charge in [0.2, 0.25) is 11.8 Å². The SMILES string of the molecule is COc1cc2nc(C)nc(N[C@H](C)c3cc(N)cc(C(F)(F)F)c3)c2cc1O[C@H]1CCN(CCCCCCCCCCSc2cccc3c2CN(C2CCC(=O)NC2=O)C3=O)C1. The zero-order valence-corrected chi connectivity index (χ0v) is 36.4. The average Bonchev–Trinajstić information content (AvgIpc) is 3.82. The number of likely N-dealkylation sites (tertiary alicyclic amines) is 1. The molecule has 0 saturated carbocycles. The van der Waals surface area contributed by atoms with Crippen LogP contribution in [0.4, 0.5) is 24.7 Å². The highest BCUT2D eigenvalue weighted by molar-refractivity contribution is 7.99. The summed E-state index contributed by atoms with van der Waals surface area (Å²) in [7, 11) is 1.59. The van der Waals surface area contributed by atoms with Gasteiger partial charge >= 0.3 is 6.18 Å². The largest absolute Gasteiger partial charge is 0.493 e. The average molecular weight is 876 g/mol. The Labute approximate surface area is 364 Å². The first-order valence-corrected chi connectivity index (χ1v) is 22.6. The number of amides is 3. The monoisotopic (exact) mass is 875 g/mol. The first kappa shape index (κ1) is 44.9. The fraction of sp³-hybridized carbons (Fsp3) is 0.500. The van der Waals surface area contributed by atoms with Gasteiger partial charge in [-0.3, -0.25) is 24.6 Å². The molecule has 0 spiro atoms. The highest BCUT2D eigenvalue weighted by Gasteiger charge is 2.40. The normalized spacial score (nSPS) is 18.6. The van der Waals surface area contributed by atoms with E-state index in [-0.39, 0.29) is 35.9 Å². The maximum atomic E-state index is 13.5. The number of unbranched alkanes of at least 4 members (excludes halogenated alkanes) is 7. The highest BCUT2D eigenvalue weighted by atomic mass is 32.2. The van der Waals surface area contributed by atoms with Crippen molar-refractivity contribution in [1.82, 2.24) is 25.1 Å². The molecular formula is C46H56F3N7O5S. The van der Waals surface area contributed by atoms with Crippen LogP contribution >= 0.6 is 11.8 Å². The molecule has 3 amide bonds. The number of anilines is 2. The number of rotatable bonds is 19. The van der Waals surface area contributed by atoms with Crippen LogP contribution in [0.5, 0.6) is 11.5 Å². The zero-order valence-electron chi connectivity index (χ0n) is 35.6. The van der Waals surface area contributed by atoms with Crippen molar-refractivity contribution in [2.45, 2.75) is 120 Å². The number of piperidine rings is 1. The third-order valence-electron chi connectivity index (χ3n) is 11.9. The number of thioether (sulfide) groups is 1. The number of hydrogen-bond acceptors (Lipinski definition) is 11. The lowest BCUT2D eigenvalue weighted by Gasteiger charge is -2.29. The lowest BCUT2D eigenvalue weighted by Crippen LogP contribution is -2.52. The van der Waals surface area contributed by atoms with Crippen LogP contribution in [0.1, 0.15) is 116 Å². The Bertz CT molecular complexity index is 2280. The van der Waals surface area contributed by atoms with Crippen molar-refractivity contribution >= 4 is 51.9 Å². The fourth-order valence-electron chi connectivity index (χ4n) is 8.64. The van der Waals surface area contributed by atoms with E-state index in [4.69, 9.17) is 15.2 Å². The first-order valence-electron chi connectivity index (χ1n) is 21.7. The van der Waals surface area contributed by atoms with E-state index in [0.717, 1.165) is 67.2 Å². The van der Waals surface area contributed by atoms with Gasteiger partial charge in [-0.1, -0.05) is 44.6 Å². The van der Waals surface area contributed by atoms with Crippen LogP contribution < -0.4 is 25.8 Å². The number of methoxy groups -OCH3 is 1. The lowest BCUT2D eigenvalue weighted by molar-refractivity contribution is -0.138. The number of aryl methyl sites for hydroxylation is 1. The summed E-state index contributed by atoms with van der Waals surface area (Å²) in [5.74, 6) is 2.27. The minimum absolute atomic E-state index is 0.0212. The number of nitrogens with zero attached hydrogens (tertiary/aromatic N) is 4. The molecule has 4 N–H and O–H groups in total. The quantitative estimate of drug-likeness (QED) is 0.0359. The number of ether oxygens (including phenoxy) is 2. The van der Waals surface area contributed by atoms with Crippen molar-refractivity contribution in [3.05, 3.63) is 76.6 Å². The zero-order chi connectivity index (χ0) is 44.0. The molecule has 332 valence electrons. The summed E-state index contributed by atoms with van der Waals surface area (Å²) in [6.07, 6.45) is 6.40. The number of fused-ring (bicyclic) bond motifs is 2. The predicted octanol–water partition coefficient (Wildman–Crippen LogP) is 8.85. The van der Waals surface area contributed by atoms with E-state index in [2.05, 4.69) is 31.6 Å². The number of nitrogen functional groups attached to an aromatic ring is 1. The number of halogens is 3. The van der Waals surface area contributed by atoms with Crippen molar-refractivity contribution in [2.75, 3.05) is 43.5 Å². The molecule has 3 aliphatic rings. The van der Waals surface area contributed by atoms with Gasteiger partial charge in [-0.2, -0.15) is 13.2 Å². The standard InChI is InChI=1S/C46H56F3N7O5S/c1-28(30-21-31(46(47,48)49)23-32(50)22-30)51-43-35-24-40(39(60-3)25-37(35)52-29(2)53-43)61-33-17-19-55(26-33)18-10-8-6-4-5-7-9-11-20-62-41-14-12-13-34-36(41)27-56(45(34)59)38-15-16-42(57)54-44(38)58/h12-14,21-25,28,33,38H,4-11,15-20,26-27,50H2,1-3H3,(H,51,52,53)(H,54,57,58)/t28-,33+,38?/m1/s1. The molecule has 12 nitrogen and oxygen atoms in total. The van der Waals surface area contributed by atoms with E-state index in [9.17, 15) is 27.6 Å². The van der Waals surface area contributed by atoms with Gasteiger partial charge in [0.05, 0.1) is 24.2 Å². The van der Waals surface area contributed by atoms with Crippen LogP contribution in [0.15, 0.2) is 53.4 Å². The molecule has 0 radical (unpaired) electrons. The van der Waals surface area contributed by atoms with Crippen LogP contribution in [0.3, 0.4) is 0 Å². The van der Waals surface area contributed by atoms with Crippen LogP contribution in [0, 0.1) is 6.92 Å². The topological polar surface area (TPSA) is 152 Å².